The third-order valence-corrected chi connectivity index (χ3v) is 5.79. The van der Waals surface area contributed by atoms with Crippen LogP contribution in [0.5, 0.6) is 0 Å². The molecule has 0 unspecified atom stereocenters. The van der Waals surface area contributed by atoms with Gasteiger partial charge in [0, 0.05) is 8.95 Å². The average Bonchev–Trinajstić information content (AvgIpc) is 2.37. The molecular weight excluding hydrogens is 429 g/mol. The van der Waals surface area contributed by atoms with Crippen LogP contribution in [-0.4, -0.2) is 8.42 Å². The summed E-state index contributed by atoms with van der Waals surface area (Å²) in [5.74, 6) is 0. The van der Waals surface area contributed by atoms with E-state index in [1.165, 1.54) is 6.07 Å². The van der Waals surface area contributed by atoms with E-state index in [-0.39, 0.29) is 4.90 Å². The Bertz CT molecular complexity index is 743. The smallest absolute Gasteiger partial charge is 0.263 e. The first-order chi connectivity index (χ1) is 9.31. The normalized spacial score (nSPS) is 11.4. The van der Waals surface area contributed by atoms with Gasteiger partial charge in [-0.2, -0.15) is 0 Å². The summed E-state index contributed by atoms with van der Waals surface area (Å²) in [6.07, 6.45) is 0. The zero-order valence-electron chi connectivity index (χ0n) is 10.3. The van der Waals surface area contributed by atoms with Crippen LogP contribution in [0.1, 0.15) is 5.56 Å². The highest BCUT2D eigenvalue weighted by molar-refractivity contribution is 9.11. The second kappa shape index (κ2) is 6.05. The number of halogens is 3. The minimum absolute atomic E-state index is 0.145. The molecule has 2 aromatic carbocycles. The molecule has 0 fully saturated rings. The van der Waals surface area contributed by atoms with Crippen molar-refractivity contribution >= 4 is 59.2 Å². The third kappa shape index (κ3) is 3.36. The quantitative estimate of drug-likeness (QED) is 0.734. The van der Waals surface area contributed by atoms with Gasteiger partial charge in [0.2, 0.25) is 0 Å². The van der Waals surface area contributed by atoms with Gasteiger partial charge in [0.15, 0.2) is 0 Å². The first kappa shape index (κ1) is 15.8. The minimum atomic E-state index is -3.72. The van der Waals surface area contributed by atoms with Crippen LogP contribution in [0, 0.1) is 6.92 Å². The second-order valence-corrected chi connectivity index (χ2v) is 7.94. The molecule has 0 amide bonds. The third-order valence-electron chi connectivity index (χ3n) is 2.64. The average molecular weight is 440 g/mol. The Balaban J connectivity index is 2.49. The highest BCUT2D eigenvalue weighted by atomic mass is 79.9. The van der Waals surface area contributed by atoms with E-state index in [4.69, 9.17) is 11.6 Å². The molecule has 0 aliphatic heterocycles. The topological polar surface area (TPSA) is 46.2 Å². The van der Waals surface area contributed by atoms with Crippen molar-refractivity contribution in [1.29, 1.82) is 0 Å². The van der Waals surface area contributed by atoms with Crippen molar-refractivity contribution in [2.75, 3.05) is 4.72 Å². The van der Waals surface area contributed by atoms with Crippen LogP contribution in [-0.2, 0) is 10.0 Å². The van der Waals surface area contributed by atoms with Crippen molar-refractivity contribution < 1.29 is 8.42 Å². The van der Waals surface area contributed by atoms with Crippen molar-refractivity contribution in [1.82, 2.24) is 0 Å². The van der Waals surface area contributed by atoms with Crippen molar-refractivity contribution in [3.05, 3.63) is 55.9 Å². The molecule has 0 heterocycles. The number of anilines is 1. The van der Waals surface area contributed by atoms with Gasteiger partial charge in [0.05, 0.1) is 10.7 Å². The van der Waals surface area contributed by atoms with E-state index in [1.54, 1.807) is 37.3 Å². The van der Waals surface area contributed by atoms with Crippen molar-refractivity contribution in [3.63, 3.8) is 0 Å². The molecule has 0 aliphatic carbocycles. The predicted octanol–water partition coefficient (Wildman–Crippen LogP) is 4.97. The Kier molecular flexibility index (Phi) is 4.79. The van der Waals surface area contributed by atoms with Gasteiger partial charge in [0.25, 0.3) is 10.0 Å². The second-order valence-electron chi connectivity index (χ2n) is 4.11. The molecule has 2 aromatic rings. The molecule has 0 aromatic heterocycles. The fraction of sp³-hybridized carbons (Fsp3) is 0.0769. The molecule has 7 heteroatoms. The van der Waals surface area contributed by atoms with Gasteiger partial charge in [-0.3, -0.25) is 4.72 Å². The van der Waals surface area contributed by atoms with Gasteiger partial charge >= 0.3 is 0 Å². The van der Waals surface area contributed by atoms with Crippen LogP contribution in [0.2, 0.25) is 5.02 Å². The largest absolute Gasteiger partial charge is 0.278 e. The van der Waals surface area contributed by atoms with E-state index in [0.29, 0.717) is 19.7 Å². The van der Waals surface area contributed by atoms with Gasteiger partial charge in [-0.05, 0) is 52.7 Å². The molecule has 0 saturated heterocycles. The first-order valence-corrected chi connectivity index (χ1v) is 8.99. The summed E-state index contributed by atoms with van der Waals surface area (Å²) in [4.78, 5) is 0.145. The Morgan fingerprint density at radius 1 is 1.15 bits per heavy atom. The molecule has 20 heavy (non-hydrogen) atoms. The van der Waals surface area contributed by atoms with Gasteiger partial charge in [-0.15, -0.1) is 0 Å². The number of hydrogen-bond acceptors (Lipinski definition) is 2. The highest BCUT2D eigenvalue weighted by Gasteiger charge is 2.20. The minimum Gasteiger partial charge on any atom is -0.278 e. The molecule has 0 radical (unpaired) electrons. The molecular formula is C13H10Br2ClNO2S. The number of rotatable bonds is 3. The number of nitrogens with one attached hydrogen (secondary N) is 1. The maximum atomic E-state index is 12.5. The lowest BCUT2D eigenvalue weighted by Crippen LogP contribution is -2.14. The summed E-state index contributed by atoms with van der Waals surface area (Å²) in [6.45, 7) is 1.79. The number of sulfonamides is 1. The molecule has 106 valence electrons. The molecule has 0 spiro atoms. The molecule has 0 saturated carbocycles. The highest BCUT2D eigenvalue weighted by Crippen LogP contribution is 2.31. The molecule has 0 atom stereocenters. The van der Waals surface area contributed by atoms with Gasteiger partial charge in [0.1, 0.15) is 4.90 Å². The van der Waals surface area contributed by atoms with E-state index >= 15 is 0 Å². The predicted molar refractivity (Wildman–Crippen MR) is 88.8 cm³/mol. The number of para-hydroxylation sites is 1. The summed E-state index contributed by atoms with van der Waals surface area (Å²) in [6, 6.07) is 10.1. The molecule has 2 rings (SSSR count). The maximum Gasteiger partial charge on any atom is 0.263 e. The Labute approximate surface area is 139 Å². The maximum absolute atomic E-state index is 12.5. The van der Waals surface area contributed by atoms with Crippen LogP contribution in [0.25, 0.3) is 0 Å². The van der Waals surface area contributed by atoms with Crippen LogP contribution >= 0.6 is 43.5 Å². The van der Waals surface area contributed by atoms with Gasteiger partial charge in [-0.1, -0.05) is 39.7 Å². The fourth-order valence-electron chi connectivity index (χ4n) is 1.63. The number of hydrogen-bond donors (Lipinski definition) is 1. The lowest BCUT2D eigenvalue weighted by atomic mass is 10.2. The van der Waals surface area contributed by atoms with E-state index in [9.17, 15) is 8.42 Å². The molecule has 0 bridgehead atoms. The van der Waals surface area contributed by atoms with Crippen molar-refractivity contribution in [3.8, 4) is 0 Å². The Morgan fingerprint density at radius 3 is 2.50 bits per heavy atom. The van der Waals surface area contributed by atoms with E-state index in [1.807, 2.05) is 0 Å². The molecule has 1 N–H and O–H groups in total. The van der Waals surface area contributed by atoms with E-state index in [0.717, 1.165) is 5.56 Å². The fourth-order valence-corrected chi connectivity index (χ4v) is 4.61. The first-order valence-electron chi connectivity index (χ1n) is 5.54. The summed E-state index contributed by atoms with van der Waals surface area (Å²) in [7, 11) is -3.72. The summed E-state index contributed by atoms with van der Waals surface area (Å²) in [5, 5.41) is 0.361. The molecule has 0 aliphatic rings. The van der Waals surface area contributed by atoms with Gasteiger partial charge < -0.3 is 0 Å². The standard InChI is InChI=1S/C13H10Br2ClNO2S/c1-8-3-2-4-11(16)13(8)17-20(18,19)12-7-9(14)5-6-10(12)15/h2-7,17H,1H3. The van der Waals surface area contributed by atoms with Gasteiger partial charge in [-0.25, -0.2) is 8.42 Å². The number of benzene rings is 2. The zero-order chi connectivity index (χ0) is 14.9. The van der Waals surface area contributed by atoms with Crippen molar-refractivity contribution in [2.24, 2.45) is 0 Å². The lowest BCUT2D eigenvalue weighted by molar-refractivity contribution is 0.600. The van der Waals surface area contributed by atoms with E-state index < -0.39 is 10.0 Å². The van der Waals surface area contributed by atoms with Crippen LogP contribution in [0.15, 0.2) is 50.2 Å². The van der Waals surface area contributed by atoms with Crippen molar-refractivity contribution in [2.45, 2.75) is 11.8 Å². The summed E-state index contributed by atoms with van der Waals surface area (Å²) >= 11 is 12.6. The number of aryl methyl sites for hydroxylation is 1. The summed E-state index contributed by atoms with van der Waals surface area (Å²) < 4.78 is 28.6. The Morgan fingerprint density at radius 2 is 1.85 bits per heavy atom. The Hall–Kier alpha value is -0.560. The van der Waals surface area contributed by atoms with Crippen LogP contribution in [0.4, 0.5) is 5.69 Å². The van der Waals surface area contributed by atoms with Crippen LogP contribution in [0.3, 0.4) is 0 Å². The lowest BCUT2D eigenvalue weighted by Gasteiger charge is -2.13. The zero-order valence-corrected chi connectivity index (χ0v) is 15.1. The monoisotopic (exact) mass is 437 g/mol. The van der Waals surface area contributed by atoms with Crippen LogP contribution < -0.4 is 4.72 Å². The molecule has 3 nitrogen and oxygen atoms in total. The van der Waals surface area contributed by atoms with E-state index in [2.05, 4.69) is 36.6 Å². The SMILES string of the molecule is Cc1cccc(Cl)c1NS(=O)(=O)c1cc(Br)ccc1Br. The summed E-state index contributed by atoms with van der Waals surface area (Å²) in [5.41, 5.74) is 1.15.